The van der Waals surface area contributed by atoms with Gasteiger partial charge in [0, 0.05) is 25.0 Å². The first kappa shape index (κ1) is 11.2. The zero-order valence-electron chi connectivity index (χ0n) is 8.41. The van der Waals surface area contributed by atoms with Gasteiger partial charge in [0.2, 0.25) is 0 Å². The third-order valence-corrected chi connectivity index (χ3v) is 1.80. The minimum atomic E-state index is -0.891. The van der Waals surface area contributed by atoms with Crippen molar-refractivity contribution in [2.45, 2.75) is 19.4 Å². The van der Waals surface area contributed by atoms with Gasteiger partial charge in [0.05, 0.1) is 6.33 Å². The lowest BCUT2D eigenvalue weighted by Crippen LogP contribution is -1.89. The molecule has 0 bridgehead atoms. The Morgan fingerprint density at radius 1 is 1.33 bits per heavy atom. The molecule has 0 saturated carbocycles. The van der Waals surface area contributed by atoms with Gasteiger partial charge in [0.15, 0.2) is 0 Å². The van der Waals surface area contributed by atoms with E-state index >= 15 is 0 Å². The summed E-state index contributed by atoms with van der Waals surface area (Å²) in [5.74, 6) is -0.891. The number of nitrogens with zero attached hydrogens (tertiary/aromatic N) is 2. The predicted molar refractivity (Wildman–Crippen MR) is 57.4 cm³/mol. The molecule has 0 amide bonds. The summed E-state index contributed by atoms with van der Waals surface area (Å²) in [7, 11) is 0. The molecule has 80 valence electrons. The van der Waals surface area contributed by atoms with Crippen LogP contribution in [0.25, 0.3) is 0 Å². The van der Waals surface area contributed by atoms with Crippen molar-refractivity contribution < 1.29 is 9.90 Å². The highest BCUT2D eigenvalue weighted by Gasteiger charge is 1.85. The molecule has 0 aliphatic carbocycles. The second-order valence-electron chi connectivity index (χ2n) is 3.05. The van der Waals surface area contributed by atoms with Gasteiger partial charge in [-0.2, -0.15) is 0 Å². The van der Waals surface area contributed by atoms with Crippen LogP contribution in [-0.4, -0.2) is 20.6 Å². The number of hydrogen-bond donors (Lipinski definition) is 1. The van der Waals surface area contributed by atoms with Crippen LogP contribution in [0.1, 0.15) is 12.8 Å². The predicted octanol–water partition coefficient (Wildman–Crippen LogP) is 1.86. The van der Waals surface area contributed by atoms with Crippen LogP contribution in [0.2, 0.25) is 0 Å². The Kier molecular flexibility index (Phi) is 4.94. The Hall–Kier alpha value is -1.84. The first-order valence-electron chi connectivity index (χ1n) is 4.79. The van der Waals surface area contributed by atoms with E-state index in [2.05, 4.69) is 4.98 Å². The fraction of sp³-hybridized carbons (Fsp3) is 0.273. The number of aliphatic carboxylic acids is 1. The van der Waals surface area contributed by atoms with Crippen LogP contribution < -0.4 is 0 Å². The van der Waals surface area contributed by atoms with Crippen LogP contribution in [0.3, 0.4) is 0 Å². The Balaban J connectivity index is 2.10. The summed E-state index contributed by atoms with van der Waals surface area (Å²) in [6.07, 6.45) is 13.9. The van der Waals surface area contributed by atoms with E-state index in [1.807, 2.05) is 22.9 Å². The quantitative estimate of drug-likeness (QED) is 0.439. The van der Waals surface area contributed by atoms with Crippen molar-refractivity contribution in [1.29, 1.82) is 0 Å². The molecule has 0 aliphatic rings. The Morgan fingerprint density at radius 3 is 2.80 bits per heavy atom. The van der Waals surface area contributed by atoms with Gasteiger partial charge in [0.1, 0.15) is 0 Å². The summed E-state index contributed by atoms with van der Waals surface area (Å²) >= 11 is 0. The van der Waals surface area contributed by atoms with Crippen LogP contribution in [0.5, 0.6) is 0 Å². The lowest BCUT2D eigenvalue weighted by Gasteiger charge is -1.93. The molecule has 1 heterocycles. The summed E-state index contributed by atoms with van der Waals surface area (Å²) in [5.41, 5.74) is 0. The lowest BCUT2D eigenvalue weighted by molar-refractivity contribution is -0.131. The highest BCUT2D eigenvalue weighted by atomic mass is 16.4. The van der Waals surface area contributed by atoms with Gasteiger partial charge in [-0.3, -0.25) is 0 Å². The van der Waals surface area contributed by atoms with Crippen LogP contribution in [0, 0.1) is 0 Å². The highest BCUT2D eigenvalue weighted by Crippen LogP contribution is 1.94. The zero-order valence-corrected chi connectivity index (χ0v) is 8.41. The summed E-state index contributed by atoms with van der Waals surface area (Å²) in [4.78, 5) is 14.1. The number of imidazole rings is 1. The van der Waals surface area contributed by atoms with Crippen molar-refractivity contribution in [3.05, 3.63) is 43.0 Å². The van der Waals surface area contributed by atoms with Crippen LogP contribution in [-0.2, 0) is 11.3 Å². The van der Waals surface area contributed by atoms with E-state index in [0.717, 1.165) is 19.4 Å². The van der Waals surface area contributed by atoms with Gasteiger partial charge in [-0.15, -0.1) is 0 Å². The number of unbranched alkanes of at least 4 members (excludes halogenated alkanes) is 1. The van der Waals surface area contributed by atoms with Crippen molar-refractivity contribution >= 4 is 5.97 Å². The molecular weight excluding hydrogens is 192 g/mol. The number of carbonyl (C=O) groups is 1. The van der Waals surface area contributed by atoms with Crippen LogP contribution in [0.4, 0.5) is 0 Å². The molecule has 1 aromatic heterocycles. The maximum absolute atomic E-state index is 10.1. The topological polar surface area (TPSA) is 55.1 Å². The smallest absolute Gasteiger partial charge is 0.327 e. The standard InChI is InChI=1S/C11H14N2O2/c14-11(15)6-4-2-1-3-5-8-13-9-7-12-10-13/h3-7,9-10H,1-2,8H2,(H,14,15)/b5-3-,6-4+. The molecule has 4 nitrogen and oxygen atoms in total. The summed E-state index contributed by atoms with van der Waals surface area (Å²) in [6, 6.07) is 0. The maximum Gasteiger partial charge on any atom is 0.327 e. The molecule has 0 saturated heterocycles. The number of aromatic nitrogens is 2. The average molecular weight is 206 g/mol. The fourth-order valence-electron chi connectivity index (χ4n) is 1.09. The molecule has 1 aromatic rings. The second kappa shape index (κ2) is 6.59. The summed E-state index contributed by atoms with van der Waals surface area (Å²) < 4.78 is 1.96. The number of allylic oxidation sites excluding steroid dienone is 3. The number of carboxylic acid groups (broad SMARTS) is 1. The van der Waals surface area contributed by atoms with Gasteiger partial charge < -0.3 is 9.67 Å². The normalized spacial score (nSPS) is 11.5. The average Bonchev–Trinajstić information content (AvgIpc) is 2.68. The molecule has 0 fully saturated rings. The van der Waals surface area contributed by atoms with E-state index in [1.54, 1.807) is 18.6 Å². The molecule has 1 N–H and O–H groups in total. The van der Waals surface area contributed by atoms with E-state index in [1.165, 1.54) is 6.08 Å². The van der Waals surface area contributed by atoms with Gasteiger partial charge in [-0.1, -0.05) is 18.2 Å². The lowest BCUT2D eigenvalue weighted by atomic mass is 10.2. The number of hydrogen-bond acceptors (Lipinski definition) is 2. The Bertz CT molecular complexity index is 339. The van der Waals surface area contributed by atoms with E-state index in [4.69, 9.17) is 5.11 Å². The molecule has 0 aliphatic heterocycles. The van der Waals surface area contributed by atoms with Crippen molar-refractivity contribution in [2.24, 2.45) is 0 Å². The SMILES string of the molecule is O=C(O)/C=C/CC/C=C\Cn1ccnc1. The Morgan fingerprint density at radius 2 is 2.13 bits per heavy atom. The summed E-state index contributed by atoms with van der Waals surface area (Å²) in [5, 5.41) is 8.33. The monoisotopic (exact) mass is 206 g/mol. The van der Waals surface area contributed by atoms with Crippen molar-refractivity contribution in [1.82, 2.24) is 9.55 Å². The van der Waals surface area contributed by atoms with Gasteiger partial charge >= 0.3 is 5.97 Å². The molecule has 1 rings (SSSR count). The largest absolute Gasteiger partial charge is 0.478 e. The molecule has 4 heteroatoms. The van der Waals surface area contributed by atoms with Crippen molar-refractivity contribution in [2.75, 3.05) is 0 Å². The van der Waals surface area contributed by atoms with Crippen LogP contribution in [0.15, 0.2) is 43.0 Å². The molecular formula is C11H14N2O2. The van der Waals surface area contributed by atoms with E-state index in [0.29, 0.717) is 0 Å². The zero-order chi connectivity index (χ0) is 10.9. The molecule has 0 aromatic carbocycles. The Labute approximate surface area is 88.6 Å². The molecule has 0 radical (unpaired) electrons. The highest BCUT2D eigenvalue weighted by molar-refractivity contribution is 5.79. The van der Waals surface area contributed by atoms with E-state index < -0.39 is 5.97 Å². The minimum absolute atomic E-state index is 0.757. The molecule has 15 heavy (non-hydrogen) atoms. The van der Waals surface area contributed by atoms with E-state index in [-0.39, 0.29) is 0 Å². The molecule has 0 unspecified atom stereocenters. The second-order valence-corrected chi connectivity index (χ2v) is 3.05. The van der Waals surface area contributed by atoms with Crippen molar-refractivity contribution in [3.8, 4) is 0 Å². The van der Waals surface area contributed by atoms with Gasteiger partial charge in [0.25, 0.3) is 0 Å². The number of rotatable bonds is 6. The third-order valence-electron chi connectivity index (χ3n) is 1.80. The van der Waals surface area contributed by atoms with E-state index in [9.17, 15) is 4.79 Å². The minimum Gasteiger partial charge on any atom is -0.478 e. The first-order valence-corrected chi connectivity index (χ1v) is 4.79. The fourth-order valence-corrected chi connectivity index (χ4v) is 1.09. The maximum atomic E-state index is 10.1. The van der Waals surface area contributed by atoms with Crippen molar-refractivity contribution in [3.63, 3.8) is 0 Å². The first-order chi connectivity index (χ1) is 7.29. The van der Waals surface area contributed by atoms with Gasteiger partial charge in [-0.25, -0.2) is 9.78 Å². The third kappa shape index (κ3) is 5.46. The van der Waals surface area contributed by atoms with Gasteiger partial charge in [-0.05, 0) is 12.8 Å². The summed E-state index contributed by atoms with van der Waals surface area (Å²) in [6.45, 7) is 0.808. The molecule has 0 spiro atoms. The molecule has 0 atom stereocenters. The van der Waals surface area contributed by atoms with Crippen LogP contribution >= 0.6 is 0 Å². The number of carboxylic acids is 1.